The van der Waals surface area contributed by atoms with Gasteiger partial charge in [-0.1, -0.05) is 81.3 Å². The van der Waals surface area contributed by atoms with Gasteiger partial charge in [-0.05, 0) is 24.0 Å². The summed E-state index contributed by atoms with van der Waals surface area (Å²) in [5, 5.41) is 0. The van der Waals surface area contributed by atoms with E-state index in [1.165, 1.54) is 0 Å². The SMILES string of the molecule is CCCC(CCC)C(=O)OCC(=O)c1ccc(-c2ccccc2)cc1. The summed E-state index contributed by atoms with van der Waals surface area (Å²) in [4.78, 5) is 24.4. The van der Waals surface area contributed by atoms with Crippen molar-refractivity contribution >= 4 is 11.8 Å². The van der Waals surface area contributed by atoms with Crippen LogP contribution >= 0.6 is 0 Å². The second-order valence-corrected chi connectivity index (χ2v) is 6.25. The monoisotopic (exact) mass is 338 g/mol. The first-order chi connectivity index (χ1) is 12.2. The van der Waals surface area contributed by atoms with Crippen LogP contribution in [0.25, 0.3) is 11.1 Å². The van der Waals surface area contributed by atoms with Gasteiger partial charge in [0, 0.05) is 5.56 Å². The molecule has 0 aliphatic rings. The number of carbonyl (C=O) groups is 2. The molecule has 2 rings (SSSR count). The first-order valence-corrected chi connectivity index (χ1v) is 9.01. The normalized spacial score (nSPS) is 10.7. The lowest BCUT2D eigenvalue weighted by Gasteiger charge is -2.14. The summed E-state index contributed by atoms with van der Waals surface area (Å²) >= 11 is 0. The van der Waals surface area contributed by atoms with E-state index in [9.17, 15) is 9.59 Å². The molecule has 25 heavy (non-hydrogen) atoms. The quantitative estimate of drug-likeness (QED) is 0.460. The topological polar surface area (TPSA) is 43.4 Å². The summed E-state index contributed by atoms with van der Waals surface area (Å²) in [6.45, 7) is 3.91. The van der Waals surface area contributed by atoms with E-state index in [2.05, 4.69) is 13.8 Å². The second-order valence-electron chi connectivity index (χ2n) is 6.25. The molecule has 0 saturated carbocycles. The molecular formula is C22H26O3. The number of hydrogen-bond acceptors (Lipinski definition) is 3. The molecular weight excluding hydrogens is 312 g/mol. The van der Waals surface area contributed by atoms with Crippen LogP contribution in [0, 0.1) is 5.92 Å². The smallest absolute Gasteiger partial charge is 0.309 e. The van der Waals surface area contributed by atoms with Gasteiger partial charge in [-0.15, -0.1) is 0 Å². The fraction of sp³-hybridized carbons (Fsp3) is 0.364. The Hall–Kier alpha value is -2.42. The molecule has 2 aromatic rings. The minimum absolute atomic E-state index is 0.0942. The average Bonchev–Trinajstić information content (AvgIpc) is 2.66. The van der Waals surface area contributed by atoms with E-state index in [0.717, 1.165) is 36.8 Å². The molecule has 0 unspecified atom stereocenters. The molecule has 132 valence electrons. The summed E-state index contributed by atoms with van der Waals surface area (Å²) < 4.78 is 5.25. The summed E-state index contributed by atoms with van der Waals surface area (Å²) in [7, 11) is 0. The van der Waals surface area contributed by atoms with Gasteiger partial charge >= 0.3 is 5.97 Å². The van der Waals surface area contributed by atoms with Crippen LogP contribution in [0.4, 0.5) is 0 Å². The summed E-state index contributed by atoms with van der Waals surface area (Å²) in [5.74, 6) is -0.513. The van der Waals surface area contributed by atoms with Crippen LogP contribution in [0.1, 0.15) is 49.9 Å². The zero-order valence-corrected chi connectivity index (χ0v) is 15.0. The van der Waals surface area contributed by atoms with E-state index >= 15 is 0 Å². The Balaban J connectivity index is 1.93. The lowest BCUT2D eigenvalue weighted by molar-refractivity contribution is -0.147. The number of esters is 1. The van der Waals surface area contributed by atoms with Crippen LogP contribution in [0.2, 0.25) is 0 Å². The highest BCUT2D eigenvalue weighted by Gasteiger charge is 2.19. The van der Waals surface area contributed by atoms with Crippen LogP contribution < -0.4 is 0 Å². The fourth-order valence-corrected chi connectivity index (χ4v) is 2.89. The third kappa shape index (κ3) is 5.56. The molecule has 3 heteroatoms. The molecule has 0 radical (unpaired) electrons. The van der Waals surface area contributed by atoms with Crippen LogP contribution in [0.3, 0.4) is 0 Å². The molecule has 0 aromatic heterocycles. The number of carbonyl (C=O) groups excluding carboxylic acids is 2. The summed E-state index contributed by atoms with van der Waals surface area (Å²) in [6.07, 6.45) is 3.50. The maximum Gasteiger partial charge on any atom is 0.309 e. The largest absolute Gasteiger partial charge is 0.457 e. The van der Waals surface area contributed by atoms with Crippen molar-refractivity contribution in [2.45, 2.75) is 39.5 Å². The predicted molar refractivity (Wildman–Crippen MR) is 100 cm³/mol. The van der Waals surface area contributed by atoms with Crippen LogP contribution in [-0.4, -0.2) is 18.4 Å². The van der Waals surface area contributed by atoms with Crippen molar-refractivity contribution in [1.29, 1.82) is 0 Å². The Kier molecular flexibility index (Phi) is 7.39. The molecule has 0 amide bonds. The Morgan fingerprint density at radius 3 is 1.96 bits per heavy atom. The van der Waals surface area contributed by atoms with E-state index < -0.39 is 0 Å². The minimum atomic E-state index is -0.252. The summed E-state index contributed by atoms with van der Waals surface area (Å²) in [6, 6.07) is 17.4. The van der Waals surface area contributed by atoms with Crippen molar-refractivity contribution in [3.05, 3.63) is 60.2 Å². The zero-order valence-electron chi connectivity index (χ0n) is 15.0. The average molecular weight is 338 g/mol. The third-order valence-corrected chi connectivity index (χ3v) is 4.27. The molecule has 0 fully saturated rings. The molecule has 0 heterocycles. The highest BCUT2D eigenvalue weighted by Crippen LogP contribution is 2.20. The lowest BCUT2D eigenvalue weighted by Crippen LogP contribution is -2.21. The Morgan fingerprint density at radius 1 is 0.840 bits per heavy atom. The van der Waals surface area contributed by atoms with E-state index in [0.29, 0.717) is 5.56 Å². The van der Waals surface area contributed by atoms with Gasteiger partial charge in [-0.25, -0.2) is 0 Å². The van der Waals surface area contributed by atoms with Gasteiger partial charge in [0.25, 0.3) is 0 Å². The number of ketones is 1. The van der Waals surface area contributed by atoms with E-state index in [1.54, 1.807) is 12.1 Å². The fourth-order valence-electron chi connectivity index (χ4n) is 2.89. The van der Waals surface area contributed by atoms with Gasteiger partial charge in [0.2, 0.25) is 0 Å². The van der Waals surface area contributed by atoms with Crippen molar-refractivity contribution in [3.8, 4) is 11.1 Å². The second kappa shape index (κ2) is 9.77. The number of rotatable bonds is 9. The third-order valence-electron chi connectivity index (χ3n) is 4.27. The Bertz CT molecular complexity index is 668. The van der Waals surface area contributed by atoms with E-state index in [1.807, 2.05) is 42.5 Å². The molecule has 3 nitrogen and oxygen atoms in total. The van der Waals surface area contributed by atoms with Crippen LogP contribution in [-0.2, 0) is 9.53 Å². The van der Waals surface area contributed by atoms with Crippen molar-refractivity contribution in [2.75, 3.05) is 6.61 Å². The maximum atomic E-state index is 12.3. The molecule has 0 spiro atoms. The first kappa shape index (κ1) is 18.9. The maximum absolute atomic E-state index is 12.3. The standard InChI is InChI=1S/C22H26O3/c1-3-8-20(9-4-2)22(24)25-16-21(23)19-14-12-18(13-15-19)17-10-6-5-7-11-17/h5-7,10-15,20H,3-4,8-9,16H2,1-2H3. The molecule has 0 saturated heterocycles. The molecule has 2 aromatic carbocycles. The lowest BCUT2D eigenvalue weighted by atomic mass is 9.98. The molecule has 0 bridgehead atoms. The molecule has 0 aliphatic carbocycles. The number of hydrogen-bond donors (Lipinski definition) is 0. The number of benzene rings is 2. The number of ether oxygens (including phenoxy) is 1. The highest BCUT2D eigenvalue weighted by molar-refractivity contribution is 5.98. The Labute approximate surface area is 150 Å². The van der Waals surface area contributed by atoms with Gasteiger partial charge in [0.15, 0.2) is 12.4 Å². The van der Waals surface area contributed by atoms with Gasteiger partial charge in [-0.3, -0.25) is 9.59 Å². The van der Waals surface area contributed by atoms with Gasteiger partial charge in [-0.2, -0.15) is 0 Å². The molecule has 0 atom stereocenters. The first-order valence-electron chi connectivity index (χ1n) is 9.01. The van der Waals surface area contributed by atoms with Crippen molar-refractivity contribution in [2.24, 2.45) is 5.92 Å². The van der Waals surface area contributed by atoms with E-state index in [-0.39, 0.29) is 24.3 Å². The predicted octanol–water partition coefficient (Wildman–Crippen LogP) is 5.30. The van der Waals surface area contributed by atoms with Crippen molar-refractivity contribution < 1.29 is 14.3 Å². The van der Waals surface area contributed by atoms with E-state index in [4.69, 9.17) is 4.74 Å². The Morgan fingerprint density at radius 2 is 1.40 bits per heavy atom. The van der Waals surface area contributed by atoms with Crippen LogP contribution in [0.15, 0.2) is 54.6 Å². The van der Waals surface area contributed by atoms with Crippen molar-refractivity contribution in [3.63, 3.8) is 0 Å². The van der Waals surface area contributed by atoms with Gasteiger partial charge in [0.05, 0.1) is 5.92 Å². The van der Waals surface area contributed by atoms with Crippen molar-refractivity contribution in [1.82, 2.24) is 0 Å². The highest BCUT2D eigenvalue weighted by atomic mass is 16.5. The zero-order chi connectivity index (χ0) is 18.1. The van der Waals surface area contributed by atoms with Gasteiger partial charge in [0.1, 0.15) is 0 Å². The minimum Gasteiger partial charge on any atom is -0.457 e. The molecule has 0 aliphatic heterocycles. The molecule has 0 N–H and O–H groups in total. The van der Waals surface area contributed by atoms with Crippen LogP contribution in [0.5, 0.6) is 0 Å². The van der Waals surface area contributed by atoms with Gasteiger partial charge < -0.3 is 4.74 Å². The summed E-state index contributed by atoms with van der Waals surface area (Å²) in [5.41, 5.74) is 2.73. The number of Topliss-reactive ketones (excluding diaryl/α,β-unsaturated/α-hetero) is 1.